The van der Waals surface area contributed by atoms with Gasteiger partial charge in [0.05, 0.1) is 5.69 Å². The third-order valence-electron chi connectivity index (χ3n) is 3.18. The highest BCUT2D eigenvalue weighted by atomic mass is 15.2. The molecule has 1 atom stereocenters. The zero-order chi connectivity index (χ0) is 11.2. The fourth-order valence-corrected chi connectivity index (χ4v) is 2.13. The molecule has 2 heterocycles. The predicted molar refractivity (Wildman–Crippen MR) is 64.0 cm³/mol. The van der Waals surface area contributed by atoms with Crippen LogP contribution in [0.4, 0.5) is 0 Å². The summed E-state index contributed by atoms with van der Waals surface area (Å²) in [6.45, 7) is 6.55. The highest BCUT2D eigenvalue weighted by Gasteiger charge is 2.15. The number of nitrogens with one attached hydrogen (secondary N) is 1. The topological polar surface area (TPSA) is 41.1 Å². The molecule has 0 amide bonds. The zero-order valence-corrected chi connectivity index (χ0v) is 9.89. The first-order valence-electron chi connectivity index (χ1n) is 6.09. The molecule has 16 heavy (non-hydrogen) atoms. The van der Waals surface area contributed by atoms with Crippen LogP contribution < -0.4 is 5.32 Å². The molecule has 4 nitrogen and oxygen atoms in total. The smallest absolute Gasteiger partial charge is 0.115 e. The number of hydrogen-bond acceptors (Lipinski definition) is 4. The van der Waals surface area contributed by atoms with Crippen LogP contribution in [0.2, 0.25) is 0 Å². The van der Waals surface area contributed by atoms with Crippen molar-refractivity contribution in [1.29, 1.82) is 0 Å². The van der Waals surface area contributed by atoms with Crippen molar-refractivity contribution in [2.75, 3.05) is 19.6 Å². The first-order chi connectivity index (χ1) is 7.88. The fourth-order valence-electron chi connectivity index (χ4n) is 2.13. The van der Waals surface area contributed by atoms with E-state index in [4.69, 9.17) is 0 Å². The highest BCUT2D eigenvalue weighted by molar-refractivity contribution is 4.97. The van der Waals surface area contributed by atoms with Gasteiger partial charge < -0.3 is 5.32 Å². The van der Waals surface area contributed by atoms with Gasteiger partial charge in [-0.1, -0.05) is 6.92 Å². The molecule has 0 radical (unpaired) electrons. The van der Waals surface area contributed by atoms with Gasteiger partial charge in [0.15, 0.2) is 0 Å². The molecule has 1 fully saturated rings. The Morgan fingerprint density at radius 1 is 1.50 bits per heavy atom. The maximum Gasteiger partial charge on any atom is 0.115 e. The Bertz CT molecular complexity index is 301. The summed E-state index contributed by atoms with van der Waals surface area (Å²) in [5, 5.41) is 3.57. The third kappa shape index (κ3) is 3.25. The molecule has 0 aromatic carbocycles. The predicted octanol–water partition coefficient (Wildman–Crippen LogP) is 1.05. The summed E-state index contributed by atoms with van der Waals surface area (Å²) in [7, 11) is 0. The SMILES string of the molecule is CCC1CCN(Cc2ccncn2)CCN1. The summed E-state index contributed by atoms with van der Waals surface area (Å²) in [5.74, 6) is 0. The van der Waals surface area contributed by atoms with Crippen LogP contribution in [0.15, 0.2) is 18.6 Å². The Hall–Kier alpha value is -1.00. The Labute approximate surface area is 97.1 Å². The van der Waals surface area contributed by atoms with Gasteiger partial charge in [-0.25, -0.2) is 9.97 Å². The van der Waals surface area contributed by atoms with Crippen molar-refractivity contribution in [1.82, 2.24) is 20.2 Å². The van der Waals surface area contributed by atoms with E-state index in [1.165, 1.54) is 12.8 Å². The largest absolute Gasteiger partial charge is 0.313 e. The fraction of sp³-hybridized carbons (Fsp3) is 0.667. The van der Waals surface area contributed by atoms with Crippen LogP contribution in [0.3, 0.4) is 0 Å². The van der Waals surface area contributed by atoms with Gasteiger partial charge >= 0.3 is 0 Å². The van der Waals surface area contributed by atoms with Crippen LogP contribution in [0.5, 0.6) is 0 Å². The molecule has 0 spiro atoms. The normalized spacial score (nSPS) is 22.9. The molecular formula is C12H20N4. The second-order valence-corrected chi connectivity index (χ2v) is 4.32. The number of nitrogens with zero attached hydrogens (tertiary/aromatic N) is 3. The molecule has 1 N–H and O–H groups in total. The Kier molecular flexibility index (Phi) is 4.25. The van der Waals surface area contributed by atoms with E-state index in [0.29, 0.717) is 6.04 Å². The van der Waals surface area contributed by atoms with Crippen molar-refractivity contribution in [3.8, 4) is 0 Å². The summed E-state index contributed by atoms with van der Waals surface area (Å²) in [6, 6.07) is 2.69. The zero-order valence-electron chi connectivity index (χ0n) is 9.89. The van der Waals surface area contributed by atoms with Crippen LogP contribution in [0.1, 0.15) is 25.5 Å². The third-order valence-corrected chi connectivity index (χ3v) is 3.18. The minimum Gasteiger partial charge on any atom is -0.313 e. The maximum absolute atomic E-state index is 4.27. The number of rotatable bonds is 3. The average molecular weight is 220 g/mol. The van der Waals surface area contributed by atoms with E-state index in [9.17, 15) is 0 Å². The lowest BCUT2D eigenvalue weighted by molar-refractivity contribution is 0.278. The van der Waals surface area contributed by atoms with Gasteiger partial charge in [0.1, 0.15) is 6.33 Å². The van der Waals surface area contributed by atoms with Crippen molar-refractivity contribution in [3.05, 3.63) is 24.3 Å². The Morgan fingerprint density at radius 2 is 2.44 bits per heavy atom. The number of aromatic nitrogens is 2. The number of hydrogen-bond donors (Lipinski definition) is 1. The minimum absolute atomic E-state index is 0.690. The molecule has 0 bridgehead atoms. The first-order valence-corrected chi connectivity index (χ1v) is 6.09. The lowest BCUT2D eigenvalue weighted by Gasteiger charge is -2.18. The molecule has 88 valence electrons. The second kappa shape index (κ2) is 5.92. The summed E-state index contributed by atoms with van der Waals surface area (Å²) in [6.07, 6.45) is 5.90. The molecule has 1 aromatic rings. The molecule has 1 saturated heterocycles. The van der Waals surface area contributed by atoms with E-state index in [2.05, 4.69) is 27.1 Å². The van der Waals surface area contributed by atoms with E-state index >= 15 is 0 Å². The summed E-state index contributed by atoms with van der Waals surface area (Å²) >= 11 is 0. The lowest BCUT2D eigenvalue weighted by atomic mass is 10.1. The minimum atomic E-state index is 0.690. The molecule has 1 aliphatic heterocycles. The molecule has 1 unspecified atom stereocenters. The van der Waals surface area contributed by atoms with E-state index in [1.54, 1.807) is 6.33 Å². The molecule has 0 saturated carbocycles. The summed E-state index contributed by atoms with van der Waals surface area (Å²) in [4.78, 5) is 10.7. The Balaban J connectivity index is 1.86. The maximum atomic E-state index is 4.27. The van der Waals surface area contributed by atoms with E-state index in [0.717, 1.165) is 31.9 Å². The van der Waals surface area contributed by atoms with Gasteiger partial charge in [-0.3, -0.25) is 4.90 Å². The second-order valence-electron chi connectivity index (χ2n) is 4.32. The van der Waals surface area contributed by atoms with Gasteiger partial charge in [0, 0.05) is 38.4 Å². The van der Waals surface area contributed by atoms with E-state index in [1.807, 2.05) is 12.3 Å². The van der Waals surface area contributed by atoms with Gasteiger partial charge in [-0.15, -0.1) is 0 Å². The summed E-state index contributed by atoms with van der Waals surface area (Å²) in [5.41, 5.74) is 1.12. The van der Waals surface area contributed by atoms with Crippen LogP contribution >= 0.6 is 0 Å². The standard InChI is InChI=1S/C12H20N4/c1-2-11-4-7-16(8-6-14-11)9-12-3-5-13-10-15-12/h3,5,10-11,14H,2,4,6-9H2,1H3. The van der Waals surface area contributed by atoms with Crippen LogP contribution in [-0.2, 0) is 6.54 Å². The van der Waals surface area contributed by atoms with Gasteiger partial charge in [0.25, 0.3) is 0 Å². The van der Waals surface area contributed by atoms with Crippen LogP contribution in [-0.4, -0.2) is 40.5 Å². The van der Waals surface area contributed by atoms with Crippen molar-refractivity contribution >= 4 is 0 Å². The highest BCUT2D eigenvalue weighted by Crippen LogP contribution is 2.07. The first kappa shape index (κ1) is 11.5. The van der Waals surface area contributed by atoms with Crippen molar-refractivity contribution in [2.45, 2.75) is 32.4 Å². The molecule has 1 aliphatic rings. The van der Waals surface area contributed by atoms with Gasteiger partial charge in [-0.2, -0.15) is 0 Å². The summed E-state index contributed by atoms with van der Waals surface area (Å²) < 4.78 is 0. The molecule has 0 aliphatic carbocycles. The molecule has 1 aromatic heterocycles. The van der Waals surface area contributed by atoms with Gasteiger partial charge in [0.2, 0.25) is 0 Å². The van der Waals surface area contributed by atoms with Crippen LogP contribution in [0, 0.1) is 0 Å². The molecule has 2 rings (SSSR count). The van der Waals surface area contributed by atoms with E-state index < -0.39 is 0 Å². The monoisotopic (exact) mass is 220 g/mol. The van der Waals surface area contributed by atoms with Crippen LogP contribution in [0.25, 0.3) is 0 Å². The lowest BCUT2D eigenvalue weighted by Crippen LogP contribution is -2.30. The molecular weight excluding hydrogens is 200 g/mol. The van der Waals surface area contributed by atoms with E-state index in [-0.39, 0.29) is 0 Å². The van der Waals surface area contributed by atoms with Gasteiger partial charge in [-0.05, 0) is 18.9 Å². The molecule has 4 heteroatoms. The van der Waals surface area contributed by atoms with Crippen molar-refractivity contribution in [3.63, 3.8) is 0 Å². The quantitative estimate of drug-likeness (QED) is 0.826. The Morgan fingerprint density at radius 3 is 3.19 bits per heavy atom. The average Bonchev–Trinajstić information content (AvgIpc) is 2.56. The van der Waals surface area contributed by atoms with Crippen molar-refractivity contribution < 1.29 is 0 Å². The van der Waals surface area contributed by atoms with Crippen molar-refractivity contribution in [2.24, 2.45) is 0 Å².